The van der Waals surface area contributed by atoms with Gasteiger partial charge in [0, 0.05) is 11.3 Å². The summed E-state index contributed by atoms with van der Waals surface area (Å²) in [4.78, 5) is 24.2. The Bertz CT molecular complexity index is 530. The molecule has 20 heavy (non-hydrogen) atoms. The number of hydrogen-bond acceptors (Lipinski definition) is 3. The van der Waals surface area contributed by atoms with Gasteiger partial charge in [0.1, 0.15) is 6.04 Å². The van der Waals surface area contributed by atoms with Gasteiger partial charge in [-0.2, -0.15) is 13.2 Å². The standard InChI is InChI=1S/C12H10F3NO3S/c13-12(14,15)8-3-1-7(2-4-8)10(17)16-6-20-5-9(16)11(18)19/h1-4,9H,5-6H2,(H,18,19)/t9-/m0/s1. The van der Waals surface area contributed by atoms with Crippen LogP contribution in [-0.2, 0) is 11.0 Å². The molecule has 1 atom stereocenters. The smallest absolute Gasteiger partial charge is 0.416 e. The lowest BCUT2D eigenvalue weighted by molar-refractivity contribution is -0.141. The number of thioether (sulfide) groups is 1. The van der Waals surface area contributed by atoms with Crippen molar-refractivity contribution in [2.45, 2.75) is 12.2 Å². The maximum Gasteiger partial charge on any atom is 0.416 e. The van der Waals surface area contributed by atoms with Crippen molar-refractivity contribution in [2.24, 2.45) is 0 Å². The molecule has 0 aliphatic carbocycles. The molecule has 1 heterocycles. The molecule has 1 aromatic carbocycles. The maximum absolute atomic E-state index is 12.4. The molecule has 1 amide bonds. The summed E-state index contributed by atoms with van der Waals surface area (Å²) in [5.74, 6) is -1.19. The molecule has 0 radical (unpaired) electrons. The van der Waals surface area contributed by atoms with E-state index in [1.807, 2.05) is 0 Å². The van der Waals surface area contributed by atoms with Gasteiger partial charge in [0.15, 0.2) is 0 Å². The minimum atomic E-state index is -4.46. The van der Waals surface area contributed by atoms with Crippen molar-refractivity contribution in [1.29, 1.82) is 0 Å². The molecule has 108 valence electrons. The van der Waals surface area contributed by atoms with Crippen LogP contribution in [0.25, 0.3) is 0 Å². The zero-order valence-corrected chi connectivity index (χ0v) is 10.9. The van der Waals surface area contributed by atoms with Gasteiger partial charge in [0.25, 0.3) is 5.91 Å². The van der Waals surface area contributed by atoms with E-state index in [-0.39, 0.29) is 17.2 Å². The molecule has 8 heteroatoms. The van der Waals surface area contributed by atoms with E-state index in [2.05, 4.69) is 0 Å². The van der Waals surface area contributed by atoms with E-state index >= 15 is 0 Å². The second kappa shape index (κ2) is 5.35. The first-order valence-electron chi connectivity index (χ1n) is 5.59. The van der Waals surface area contributed by atoms with E-state index in [1.165, 1.54) is 11.8 Å². The summed E-state index contributed by atoms with van der Waals surface area (Å²) >= 11 is 1.29. The quantitative estimate of drug-likeness (QED) is 0.911. The molecule has 1 aliphatic heterocycles. The first-order valence-corrected chi connectivity index (χ1v) is 6.75. The Hall–Kier alpha value is -1.70. The third-order valence-electron chi connectivity index (χ3n) is 2.89. The van der Waals surface area contributed by atoms with Gasteiger partial charge in [0.05, 0.1) is 11.4 Å². The van der Waals surface area contributed by atoms with Crippen molar-refractivity contribution in [3.8, 4) is 0 Å². The summed E-state index contributed by atoms with van der Waals surface area (Å²) in [6.45, 7) is 0. The van der Waals surface area contributed by atoms with E-state index < -0.39 is 29.7 Å². The van der Waals surface area contributed by atoms with Crippen LogP contribution in [0.3, 0.4) is 0 Å². The van der Waals surface area contributed by atoms with Crippen molar-refractivity contribution in [1.82, 2.24) is 4.90 Å². The third kappa shape index (κ3) is 2.90. The number of rotatable bonds is 2. The molecule has 0 spiro atoms. The van der Waals surface area contributed by atoms with Crippen LogP contribution in [0.4, 0.5) is 13.2 Å². The molecule has 1 aliphatic rings. The Kier molecular flexibility index (Phi) is 3.94. The number of alkyl halides is 3. The molecule has 0 saturated carbocycles. The van der Waals surface area contributed by atoms with Crippen LogP contribution >= 0.6 is 11.8 Å². The number of amides is 1. The zero-order chi connectivity index (χ0) is 14.9. The van der Waals surface area contributed by atoms with Crippen LogP contribution in [0.5, 0.6) is 0 Å². The number of benzene rings is 1. The van der Waals surface area contributed by atoms with Crippen molar-refractivity contribution in [3.63, 3.8) is 0 Å². The Labute approximate surface area is 116 Å². The van der Waals surface area contributed by atoms with Gasteiger partial charge in [-0.3, -0.25) is 4.79 Å². The number of hydrogen-bond donors (Lipinski definition) is 1. The van der Waals surface area contributed by atoms with Crippen LogP contribution in [0.15, 0.2) is 24.3 Å². The minimum Gasteiger partial charge on any atom is -0.480 e. The predicted octanol–water partition coefficient (Wildman–Crippen LogP) is 2.31. The van der Waals surface area contributed by atoms with Gasteiger partial charge in [-0.25, -0.2) is 4.79 Å². The summed E-state index contributed by atoms with van der Waals surface area (Å²) < 4.78 is 37.2. The molecule has 1 aromatic rings. The van der Waals surface area contributed by atoms with Crippen molar-refractivity contribution >= 4 is 23.6 Å². The Morgan fingerprint density at radius 1 is 1.25 bits per heavy atom. The van der Waals surface area contributed by atoms with Gasteiger partial charge in [-0.1, -0.05) is 0 Å². The summed E-state index contributed by atoms with van der Waals surface area (Å²) in [5.41, 5.74) is -0.800. The number of carbonyl (C=O) groups is 2. The molecule has 2 rings (SSSR count). The van der Waals surface area contributed by atoms with Gasteiger partial charge < -0.3 is 10.0 Å². The monoisotopic (exact) mass is 305 g/mol. The average molecular weight is 305 g/mol. The first kappa shape index (κ1) is 14.7. The normalized spacial score (nSPS) is 19.1. The highest BCUT2D eigenvalue weighted by Gasteiger charge is 2.35. The first-order chi connectivity index (χ1) is 9.30. The van der Waals surface area contributed by atoms with E-state index in [0.29, 0.717) is 0 Å². The Morgan fingerprint density at radius 2 is 1.85 bits per heavy atom. The Balaban J connectivity index is 2.19. The lowest BCUT2D eigenvalue weighted by atomic mass is 10.1. The van der Waals surface area contributed by atoms with Crippen LogP contribution < -0.4 is 0 Å². The number of halogens is 3. The summed E-state index contributed by atoms with van der Waals surface area (Å²) in [5, 5.41) is 8.97. The highest BCUT2D eigenvalue weighted by molar-refractivity contribution is 7.99. The summed E-state index contributed by atoms with van der Waals surface area (Å²) in [6.07, 6.45) is -4.46. The second-order valence-electron chi connectivity index (χ2n) is 4.20. The highest BCUT2D eigenvalue weighted by Crippen LogP contribution is 2.30. The second-order valence-corrected chi connectivity index (χ2v) is 5.20. The molecule has 1 fully saturated rings. The molecule has 1 saturated heterocycles. The fourth-order valence-electron chi connectivity index (χ4n) is 1.82. The molecular weight excluding hydrogens is 295 g/mol. The number of carboxylic acid groups (broad SMARTS) is 1. The average Bonchev–Trinajstić information content (AvgIpc) is 2.86. The molecule has 0 unspecified atom stereocenters. The van der Waals surface area contributed by atoms with E-state index in [9.17, 15) is 22.8 Å². The van der Waals surface area contributed by atoms with Crippen LogP contribution in [0.1, 0.15) is 15.9 Å². The SMILES string of the molecule is O=C(O)[C@@H]1CSCN1C(=O)c1ccc(C(F)(F)F)cc1. The van der Waals surface area contributed by atoms with Crippen LogP contribution in [0, 0.1) is 0 Å². The molecule has 0 bridgehead atoms. The predicted molar refractivity (Wildman–Crippen MR) is 66.4 cm³/mol. The van der Waals surface area contributed by atoms with Gasteiger partial charge >= 0.3 is 12.1 Å². The topological polar surface area (TPSA) is 57.6 Å². The van der Waals surface area contributed by atoms with Crippen molar-refractivity contribution in [2.75, 3.05) is 11.6 Å². The lowest BCUT2D eigenvalue weighted by Crippen LogP contribution is -2.41. The van der Waals surface area contributed by atoms with Crippen molar-refractivity contribution in [3.05, 3.63) is 35.4 Å². The molecule has 0 aromatic heterocycles. The number of aliphatic carboxylic acids is 1. The van der Waals surface area contributed by atoms with Crippen molar-refractivity contribution < 1.29 is 27.9 Å². The summed E-state index contributed by atoms with van der Waals surface area (Å²) in [6, 6.07) is 2.81. The largest absolute Gasteiger partial charge is 0.480 e. The van der Waals surface area contributed by atoms with Crippen LogP contribution in [-0.4, -0.2) is 39.6 Å². The van der Waals surface area contributed by atoms with Crippen LogP contribution in [0.2, 0.25) is 0 Å². The number of carboxylic acids is 1. The van der Waals surface area contributed by atoms with E-state index in [0.717, 1.165) is 29.2 Å². The maximum atomic E-state index is 12.4. The van der Waals surface area contributed by atoms with E-state index in [1.54, 1.807) is 0 Å². The van der Waals surface area contributed by atoms with E-state index in [4.69, 9.17) is 5.11 Å². The fraction of sp³-hybridized carbons (Fsp3) is 0.333. The van der Waals surface area contributed by atoms with Gasteiger partial charge in [0.2, 0.25) is 0 Å². The summed E-state index contributed by atoms with van der Waals surface area (Å²) in [7, 11) is 0. The Morgan fingerprint density at radius 3 is 2.35 bits per heavy atom. The zero-order valence-electron chi connectivity index (χ0n) is 10.1. The fourth-order valence-corrected chi connectivity index (χ4v) is 2.96. The van der Waals surface area contributed by atoms with Gasteiger partial charge in [-0.15, -0.1) is 11.8 Å². The molecular formula is C12H10F3NO3S. The highest BCUT2D eigenvalue weighted by atomic mass is 32.2. The molecule has 1 N–H and O–H groups in total. The number of nitrogens with zero attached hydrogens (tertiary/aromatic N) is 1. The van der Waals surface area contributed by atoms with Gasteiger partial charge in [-0.05, 0) is 24.3 Å². The molecule has 4 nitrogen and oxygen atoms in total. The number of carbonyl (C=O) groups excluding carboxylic acids is 1. The minimum absolute atomic E-state index is 0.0479. The lowest BCUT2D eigenvalue weighted by Gasteiger charge is -2.20. The third-order valence-corrected chi connectivity index (χ3v) is 3.90.